The molecule has 22 heavy (non-hydrogen) atoms. The van der Waals surface area contributed by atoms with E-state index in [1.54, 1.807) is 24.5 Å². The van der Waals surface area contributed by atoms with Gasteiger partial charge in [0.25, 0.3) is 10.9 Å². The van der Waals surface area contributed by atoms with Gasteiger partial charge in [0.15, 0.2) is 0 Å². The van der Waals surface area contributed by atoms with Crippen LogP contribution in [-0.2, 0) is 7.05 Å². The first-order valence-corrected chi connectivity index (χ1v) is 6.95. The summed E-state index contributed by atoms with van der Waals surface area (Å²) in [5.41, 5.74) is 1.42. The molecule has 6 heteroatoms. The Bertz CT molecular complexity index is 860. The van der Waals surface area contributed by atoms with E-state index in [0.29, 0.717) is 11.4 Å². The highest BCUT2D eigenvalue weighted by molar-refractivity contribution is 5.78. The van der Waals surface area contributed by atoms with E-state index in [2.05, 4.69) is 15.6 Å². The second kappa shape index (κ2) is 5.48. The quantitative estimate of drug-likeness (QED) is 0.704. The van der Waals surface area contributed by atoms with Crippen molar-refractivity contribution in [1.82, 2.24) is 9.55 Å². The number of hydrogen-bond acceptors (Lipinski definition) is 5. The van der Waals surface area contributed by atoms with Gasteiger partial charge in [-0.2, -0.15) is 0 Å². The number of hydrogen-bond donors (Lipinski definition) is 2. The minimum Gasteiger partial charge on any atom is -0.373 e. The molecule has 2 N–H and O–H groups in total. The molecular formula is C16H16N4O2. The lowest BCUT2D eigenvalue weighted by atomic mass is 10.1. The third kappa shape index (κ3) is 2.50. The highest BCUT2D eigenvalue weighted by Gasteiger charge is 2.22. The molecule has 1 atom stereocenters. The number of nitrogens with one attached hydrogen (secondary N) is 2. The molecule has 0 saturated carbocycles. The molecule has 0 aliphatic heterocycles. The predicted molar refractivity (Wildman–Crippen MR) is 86.3 cm³/mol. The summed E-state index contributed by atoms with van der Waals surface area (Å²) in [5, 5.41) is 6.09. The van der Waals surface area contributed by atoms with E-state index in [4.69, 9.17) is 0 Å². The number of aryl methyl sites for hydroxylation is 1. The maximum absolute atomic E-state index is 11.8. The van der Waals surface area contributed by atoms with E-state index in [0.717, 1.165) is 11.3 Å². The Morgan fingerprint density at radius 2 is 1.77 bits per heavy atom. The zero-order valence-electron chi connectivity index (χ0n) is 12.3. The van der Waals surface area contributed by atoms with Crippen LogP contribution in [0.25, 0.3) is 0 Å². The van der Waals surface area contributed by atoms with Gasteiger partial charge >= 0.3 is 0 Å². The molecule has 0 unspecified atom stereocenters. The average molecular weight is 296 g/mol. The largest absolute Gasteiger partial charge is 0.373 e. The average Bonchev–Trinajstić information content (AvgIpc) is 2.97. The standard InChI is InChI=1S/C16H16N4O2/c1-10(11-5-8-20(2)9-11)18-13-14(16(22)15(13)21)19-12-3-6-17-7-4-12/h3-10,18H,1-2H3,(H,17,19)/t10-/m1/s1. The summed E-state index contributed by atoms with van der Waals surface area (Å²) in [6.45, 7) is 1.95. The topological polar surface area (TPSA) is 76.0 Å². The summed E-state index contributed by atoms with van der Waals surface area (Å²) < 4.78 is 1.94. The molecule has 3 aromatic rings. The Labute approximate surface area is 127 Å². The number of rotatable bonds is 5. The molecule has 112 valence electrons. The van der Waals surface area contributed by atoms with Gasteiger partial charge in [0.1, 0.15) is 11.4 Å². The van der Waals surface area contributed by atoms with Crippen molar-refractivity contribution in [3.8, 4) is 0 Å². The summed E-state index contributed by atoms with van der Waals surface area (Å²) in [5.74, 6) is 0. The van der Waals surface area contributed by atoms with E-state index in [1.807, 2.05) is 37.0 Å². The van der Waals surface area contributed by atoms with Crippen molar-refractivity contribution in [2.45, 2.75) is 13.0 Å². The van der Waals surface area contributed by atoms with Crippen molar-refractivity contribution in [2.24, 2.45) is 7.05 Å². The van der Waals surface area contributed by atoms with Gasteiger partial charge < -0.3 is 15.2 Å². The molecule has 0 spiro atoms. The fourth-order valence-corrected chi connectivity index (χ4v) is 2.31. The van der Waals surface area contributed by atoms with Gasteiger partial charge in [0.05, 0.1) is 6.04 Å². The molecule has 0 fully saturated rings. The normalized spacial score (nSPS) is 12.3. The Morgan fingerprint density at radius 3 is 2.41 bits per heavy atom. The lowest BCUT2D eigenvalue weighted by molar-refractivity contribution is 0.860. The second-order valence-corrected chi connectivity index (χ2v) is 5.25. The van der Waals surface area contributed by atoms with Crippen LogP contribution in [0.4, 0.5) is 17.1 Å². The Balaban J connectivity index is 1.82. The smallest absolute Gasteiger partial charge is 0.253 e. The zero-order valence-corrected chi connectivity index (χ0v) is 12.3. The van der Waals surface area contributed by atoms with Crippen molar-refractivity contribution in [3.05, 3.63) is 69.0 Å². The molecular weight excluding hydrogens is 280 g/mol. The third-order valence-corrected chi connectivity index (χ3v) is 3.58. The van der Waals surface area contributed by atoms with Crippen LogP contribution >= 0.6 is 0 Å². The zero-order chi connectivity index (χ0) is 15.7. The number of pyridine rings is 1. The van der Waals surface area contributed by atoms with Gasteiger partial charge in [-0.15, -0.1) is 0 Å². The molecule has 2 heterocycles. The fraction of sp³-hybridized carbons (Fsp3) is 0.188. The Morgan fingerprint density at radius 1 is 1.09 bits per heavy atom. The van der Waals surface area contributed by atoms with Crippen LogP contribution in [0.1, 0.15) is 18.5 Å². The molecule has 1 aromatic carbocycles. The first kappa shape index (κ1) is 14.1. The summed E-state index contributed by atoms with van der Waals surface area (Å²) in [6.07, 6.45) is 7.14. The molecule has 2 aromatic heterocycles. The van der Waals surface area contributed by atoms with Gasteiger partial charge in [-0.25, -0.2) is 0 Å². The third-order valence-electron chi connectivity index (χ3n) is 3.58. The number of anilines is 3. The molecule has 0 saturated heterocycles. The highest BCUT2D eigenvalue weighted by atomic mass is 16.2. The maximum Gasteiger partial charge on any atom is 0.253 e. The minimum absolute atomic E-state index is 0.0671. The Hall–Kier alpha value is -2.89. The lowest BCUT2D eigenvalue weighted by Gasteiger charge is -2.19. The lowest BCUT2D eigenvalue weighted by Crippen LogP contribution is -2.37. The Kier molecular flexibility index (Phi) is 3.50. The van der Waals surface area contributed by atoms with Crippen LogP contribution < -0.4 is 21.5 Å². The summed E-state index contributed by atoms with van der Waals surface area (Å²) in [6, 6.07) is 5.38. The maximum atomic E-state index is 11.8. The van der Waals surface area contributed by atoms with Crippen molar-refractivity contribution in [3.63, 3.8) is 0 Å². The minimum atomic E-state index is -0.500. The predicted octanol–water partition coefficient (Wildman–Crippen LogP) is 1.93. The van der Waals surface area contributed by atoms with E-state index >= 15 is 0 Å². The van der Waals surface area contributed by atoms with Crippen molar-refractivity contribution >= 4 is 17.1 Å². The van der Waals surface area contributed by atoms with Crippen molar-refractivity contribution in [2.75, 3.05) is 10.6 Å². The molecule has 0 radical (unpaired) electrons. The van der Waals surface area contributed by atoms with E-state index in [9.17, 15) is 9.59 Å². The molecule has 0 bridgehead atoms. The van der Waals surface area contributed by atoms with Crippen LogP contribution in [0.5, 0.6) is 0 Å². The van der Waals surface area contributed by atoms with Crippen molar-refractivity contribution < 1.29 is 0 Å². The van der Waals surface area contributed by atoms with Crippen molar-refractivity contribution in [1.29, 1.82) is 0 Å². The van der Waals surface area contributed by atoms with Crippen LogP contribution in [-0.4, -0.2) is 9.55 Å². The molecule has 0 amide bonds. The molecule has 0 aliphatic rings. The monoisotopic (exact) mass is 296 g/mol. The summed E-state index contributed by atoms with van der Waals surface area (Å²) >= 11 is 0. The molecule has 3 rings (SSSR count). The SMILES string of the molecule is C[C@@H](Nc1c(Nc2ccncc2)c(=O)c1=O)c1ccn(C)c1. The fourth-order valence-electron chi connectivity index (χ4n) is 2.31. The first-order valence-electron chi connectivity index (χ1n) is 6.95. The summed E-state index contributed by atoms with van der Waals surface area (Å²) in [7, 11) is 1.93. The number of aromatic nitrogens is 2. The molecule has 6 nitrogen and oxygen atoms in total. The molecule has 0 aliphatic carbocycles. The first-order chi connectivity index (χ1) is 10.6. The van der Waals surface area contributed by atoms with Gasteiger partial charge in [-0.05, 0) is 30.7 Å². The number of nitrogens with zero attached hydrogens (tertiary/aromatic N) is 2. The van der Waals surface area contributed by atoms with E-state index in [-0.39, 0.29) is 6.04 Å². The van der Waals surface area contributed by atoms with E-state index in [1.165, 1.54) is 0 Å². The van der Waals surface area contributed by atoms with Crippen LogP contribution in [0.15, 0.2) is 52.6 Å². The van der Waals surface area contributed by atoms with E-state index < -0.39 is 10.9 Å². The van der Waals surface area contributed by atoms with Gasteiger partial charge in [0, 0.05) is 37.5 Å². The van der Waals surface area contributed by atoms with Gasteiger partial charge in [-0.3, -0.25) is 14.6 Å². The van der Waals surface area contributed by atoms with Gasteiger partial charge in [-0.1, -0.05) is 0 Å². The van der Waals surface area contributed by atoms with Crippen LogP contribution in [0.3, 0.4) is 0 Å². The van der Waals surface area contributed by atoms with Crippen LogP contribution in [0, 0.1) is 0 Å². The second-order valence-electron chi connectivity index (χ2n) is 5.25. The summed E-state index contributed by atoms with van der Waals surface area (Å²) in [4.78, 5) is 27.5. The van der Waals surface area contributed by atoms with Gasteiger partial charge in [0.2, 0.25) is 0 Å². The van der Waals surface area contributed by atoms with Crippen LogP contribution in [0.2, 0.25) is 0 Å². The highest BCUT2D eigenvalue weighted by Crippen LogP contribution is 2.24.